The van der Waals surface area contributed by atoms with E-state index in [4.69, 9.17) is 4.74 Å². The molecule has 2 fully saturated rings. The zero-order valence-electron chi connectivity index (χ0n) is 11.3. The first kappa shape index (κ1) is 13.3. The minimum absolute atomic E-state index is 0.671. The average molecular weight is 241 g/mol. The van der Waals surface area contributed by atoms with Crippen molar-refractivity contribution in [1.82, 2.24) is 15.1 Å². The third-order valence-electron chi connectivity index (χ3n) is 4.14. The van der Waals surface area contributed by atoms with E-state index in [1.54, 1.807) is 0 Å². The maximum absolute atomic E-state index is 5.43. The summed E-state index contributed by atoms with van der Waals surface area (Å²) in [6.07, 6.45) is 2.40. The second-order valence-electron chi connectivity index (χ2n) is 5.42. The zero-order chi connectivity index (χ0) is 12.1. The number of rotatable bonds is 4. The van der Waals surface area contributed by atoms with Gasteiger partial charge in [-0.3, -0.25) is 4.90 Å². The van der Waals surface area contributed by atoms with Crippen molar-refractivity contribution in [1.29, 1.82) is 0 Å². The Hall–Kier alpha value is -0.160. The van der Waals surface area contributed by atoms with Gasteiger partial charge < -0.3 is 15.0 Å². The summed E-state index contributed by atoms with van der Waals surface area (Å²) in [5.74, 6) is 0. The molecule has 4 nitrogen and oxygen atoms in total. The Labute approximate surface area is 105 Å². The Bertz CT molecular complexity index is 191. The summed E-state index contributed by atoms with van der Waals surface area (Å²) in [4.78, 5) is 5.14. The molecule has 0 spiro atoms. The molecule has 17 heavy (non-hydrogen) atoms. The Morgan fingerprint density at radius 3 is 2.59 bits per heavy atom. The van der Waals surface area contributed by atoms with Crippen LogP contribution in [0.2, 0.25) is 0 Å². The summed E-state index contributed by atoms with van der Waals surface area (Å²) in [5, 5.41) is 3.41. The molecule has 0 bridgehead atoms. The SMILES string of the molecule is CC(CN(C)C1CCOCC1)N1CCNCC1. The fraction of sp³-hybridized carbons (Fsp3) is 1.00. The number of hydrogen-bond donors (Lipinski definition) is 1. The van der Waals surface area contributed by atoms with E-state index in [1.807, 2.05) is 0 Å². The summed E-state index contributed by atoms with van der Waals surface area (Å²) in [7, 11) is 2.27. The molecule has 1 unspecified atom stereocenters. The summed E-state index contributed by atoms with van der Waals surface area (Å²) in [5.41, 5.74) is 0. The standard InChI is InChI=1S/C13H27N3O/c1-12(16-7-5-14-6-8-16)11-15(2)13-3-9-17-10-4-13/h12-14H,3-11H2,1-2H3. The second kappa shape index (κ2) is 6.69. The third-order valence-corrected chi connectivity index (χ3v) is 4.14. The number of nitrogens with zero attached hydrogens (tertiary/aromatic N) is 2. The van der Waals surface area contributed by atoms with Crippen LogP contribution in [0.1, 0.15) is 19.8 Å². The Morgan fingerprint density at radius 2 is 1.94 bits per heavy atom. The molecule has 2 heterocycles. The second-order valence-corrected chi connectivity index (χ2v) is 5.42. The lowest BCUT2D eigenvalue weighted by Gasteiger charge is -2.38. The van der Waals surface area contributed by atoms with Gasteiger partial charge in [-0.15, -0.1) is 0 Å². The number of piperazine rings is 1. The number of hydrogen-bond acceptors (Lipinski definition) is 4. The van der Waals surface area contributed by atoms with Gasteiger partial charge in [-0.1, -0.05) is 0 Å². The molecule has 0 radical (unpaired) electrons. The van der Waals surface area contributed by atoms with Gasteiger partial charge in [0, 0.05) is 58.0 Å². The Balaban J connectivity index is 1.74. The van der Waals surface area contributed by atoms with E-state index < -0.39 is 0 Å². The molecule has 0 aromatic carbocycles. The van der Waals surface area contributed by atoms with Crippen LogP contribution >= 0.6 is 0 Å². The summed E-state index contributed by atoms with van der Waals surface area (Å²) in [6.45, 7) is 10.1. The minimum Gasteiger partial charge on any atom is -0.381 e. The van der Waals surface area contributed by atoms with Gasteiger partial charge in [0.05, 0.1) is 0 Å². The van der Waals surface area contributed by atoms with Crippen molar-refractivity contribution in [3.05, 3.63) is 0 Å². The molecular formula is C13H27N3O. The summed E-state index contributed by atoms with van der Waals surface area (Å²) in [6, 6.07) is 1.40. The number of likely N-dealkylation sites (N-methyl/N-ethyl adjacent to an activating group) is 1. The molecule has 0 amide bonds. The van der Waals surface area contributed by atoms with Crippen LogP contribution < -0.4 is 5.32 Å². The lowest BCUT2D eigenvalue weighted by atomic mass is 10.1. The Kier molecular flexibility index (Phi) is 5.22. The number of nitrogens with one attached hydrogen (secondary N) is 1. The predicted octanol–water partition coefficient (Wildman–Crippen LogP) is 0.391. The molecule has 2 rings (SSSR count). The maximum atomic E-state index is 5.43. The van der Waals surface area contributed by atoms with Crippen LogP contribution in [0.15, 0.2) is 0 Å². The molecule has 2 aliphatic rings. The van der Waals surface area contributed by atoms with Crippen molar-refractivity contribution >= 4 is 0 Å². The van der Waals surface area contributed by atoms with Crippen LogP contribution in [-0.2, 0) is 4.74 Å². The van der Waals surface area contributed by atoms with Crippen LogP contribution in [-0.4, -0.2) is 74.9 Å². The van der Waals surface area contributed by atoms with Crippen molar-refractivity contribution < 1.29 is 4.74 Å². The topological polar surface area (TPSA) is 27.7 Å². The summed E-state index contributed by atoms with van der Waals surface area (Å²) < 4.78 is 5.43. The lowest BCUT2D eigenvalue weighted by Crippen LogP contribution is -2.52. The van der Waals surface area contributed by atoms with Crippen molar-refractivity contribution in [2.45, 2.75) is 31.8 Å². The molecule has 1 atom stereocenters. The van der Waals surface area contributed by atoms with Gasteiger partial charge in [0.25, 0.3) is 0 Å². The first-order chi connectivity index (χ1) is 8.27. The zero-order valence-corrected chi connectivity index (χ0v) is 11.3. The molecule has 4 heteroatoms. The fourth-order valence-corrected chi connectivity index (χ4v) is 2.93. The molecule has 1 N–H and O–H groups in total. The van der Waals surface area contributed by atoms with Crippen LogP contribution in [0.4, 0.5) is 0 Å². The van der Waals surface area contributed by atoms with Crippen molar-refractivity contribution in [3.63, 3.8) is 0 Å². The normalized spacial score (nSPS) is 26.3. The third kappa shape index (κ3) is 3.91. The van der Waals surface area contributed by atoms with E-state index in [1.165, 1.54) is 32.5 Å². The fourth-order valence-electron chi connectivity index (χ4n) is 2.93. The van der Waals surface area contributed by atoms with Crippen LogP contribution in [0.3, 0.4) is 0 Å². The minimum atomic E-state index is 0.671. The van der Waals surface area contributed by atoms with Gasteiger partial charge in [0.1, 0.15) is 0 Å². The van der Waals surface area contributed by atoms with Crippen molar-refractivity contribution in [2.75, 3.05) is 53.0 Å². The van der Waals surface area contributed by atoms with Gasteiger partial charge in [-0.05, 0) is 26.8 Å². The molecule has 0 aromatic rings. The lowest BCUT2D eigenvalue weighted by molar-refractivity contribution is 0.0325. The highest BCUT2D eigenvalue weighted by Crippen LogP contribution is 2.14. The number of ether oxygens (including phenoxy) is 1. The average Bonchev–Trinajstić information content (AvgIpc) is 2.40. The van der Waals surface area contributed by atoms with E-state index in [9.17, 15) is 0 Å². The largest absolute Gasteiger partial charge is 0.381 e. The van der Waals surface area contributed by atoms with Crippen LogP contribution in [0.5, 0.6) is 0 Å². The van der Waals surface area contributed by atoms with E-state index in [0.29, 0.717) is 6.04 Å². The molecule has 100 valence electrons. The highest BCUT2D eigenvalue weighted by molar-refractivity contribution is 4.79. The van der Waals surface area contributed by atoms with Gasteiger partial charge in [0.2, 0.25) is 0 Å². The van der Waals surface area contributed by atoms with Crippen molar-refractivity contribution in [2.24, 2.45) is 0 Å². The van der Waals surface area contributed by atoms with Gasteiger partial charge in [0.15, 0.2) is 0 Å². The van der Waals surface area contributed by atoms with E-state index >= 15 is 0 Å². The molecular weight excluding hydrogens is 214 g/mol. The van der Waals surface area contributed by atoms with Gasteiger partial charge in [-0.2, -0.15) is 0 Å². The first-order valence-corrected chi connectivity index (χ1v) is 7.00. The molecule has 2 aliphatic heterocycles. The van der Waals surface area contributed by atoms with E-state index in [2.05, 4.69) is 29.1 Å². The quantitative estimate of drug-likeness (QED) is 0.771. The van der Waals surface area contributed by atoms with E-state index in [-0.39, 0.29) is 0 Å². The highest BCUT2D eigenvalue weighted by atomic mass is 16.5. The van der Waals surface area contributed by atoms with Crippen molar-refractivity contribution in [3.8, 4) is 0 Å². The maximum Gasteiger partial charge on any atom is 0.0480 e. The van der Waals surface area contributed by atoms with Gasteiger partial charge in [-0.25, -0.2) is 0 Å². The van der Waals surface area contributed by atoms with Crippen LogP contribution in [0.25, 0.3) is 0 Å². The molecule has 0 saturated carbocycles. The predicted molar refractivity (Wildman–Crippen MR) is 70.4 cm³/mol. The highest BCUT2D eigenvalue weighted by Gasteiger charge is 2.22. The van der Waals surface area contributed by atoms with E-state index in [0.717, 1.165) is 32.3 Å². The smallest absolute Gasteiger partial charge is 0.0480 e. The van der Waals surface area contributed by atoms with Gasteiger partial charge >= 0.3 is 0 Å². The Morgan fingerprint density at radius 1 is 1.29 bits per heavy atom. The monoisotopic (exact) mass is 241 g/mol. The molecule has 2 saturated heterocycles. The molecule has 0 aromatic heterocycles. The summed E-state index contributed by atoms with van der Waals surface area (Å²) >= 11 is 0. The van der Waals surface area contributed by atoms with Crippen LogP contribution in [0, 0.1) is 0 Å². The molecule has 0 aliphatic carbocycles. The first-order valence-electron chi connectivity index (χ1n) is 7.00.